The lowest BCUT2D eigenvalue weighted by Gasteiger charge is -2.18. The minimum absolute atomic E-state index is 0.654. The largest absolute Gasteiger partial charge is 0.248 e. The highest BCUT2D eigenvalue weighted by Gasteiger charge is 2.18. The van der Waals surface area contributed by atoms with Crippen molar-refractivity contribution in [2.24, 2.45) is 0 Å². The predicted octanol–water partition coefficient (Wildman–Crippen LogP) is 10.8. The van der Waals surface area contributed by atoms with E-state index in [-0.39, 0.29) is 0 Å². The Morgan fingerprint density at radius 1 is 0.479 bits per heavy atom. The van der Waals surface area contributed by atoms with E-state index in [1.807, 2.05) is 78.9 Å². The van der Waals surface area contributed by atoms with Crippen LogP contribution in [0.15, 0.2) is 158 Å². The summed E-state index contributed by atoms with van der Waals surface area (Å²) in [5, 5.41) is 9.47. The van der Waals surface area contributed by atoms with Crippen LogP contribution in [-0.4, -0.2) is 15.0 Å². The van der Waals surface area contributed by atoms with Crippen molar-refractivity contribution in [3.8, 4) is 51.0 Å². The molecule has 226 valence electrons. The van der Waals surface area contributed by atoms with Crippen LogP contribution in [0, 0.1) is 11.3 Å². The van der Waals surface area contributed by atoms with E-state index in [4.69, 9.17) is 15.0 Å². The molecule has 2 aromatic heterocycles. The molecule has 0 saturated carbocycles. The Morgan fingerprint density at radius 3 is 1.71 bits per heavy atom. The van der Waals surface area contributed by atoms with Crippen molar-refractivity contribution < 1.29 is 0 Å². The van der Waals surface area contributed by atoms with Gasteiger partial charge in [-0.25, -0.2) is 15.0 Å². The summed E-state index contributed by atoms with van der Waals surface area (Å²) in [5.74, 6) is 0. The van der Waals surface area contributed by atoms with Gasteiger partial charge < -0.3 is 0 Å². The van der Waals surface area contributed by atoms with Crippen LogP contribution in [-0.2, 0) is 0 Å². The number of benzene rings is 5. The number of hydrogen-bond acceptors (Lipinski definition) is 4. The van der Waals surface area contributed by atoms with Gasteiger partial charge >= 0.3 is 0 Å². The lowest BCUT2D eigenvalue weighted by atomic mass is 9.90. The average Bonchev–Trinajstić information content (AvgIpc) is 3.18. The number of nitriles is 1. The Labute approximate surface area is 280 Å². The molecule has 0 amide bonds. The Bertz CT molecular complexity index is 2330. The van der Waals surface area contributed by atoms with Crippen molar-refractivity contribution >= 4 is 22.2 Å². The van der Waals surface area contributed by atoms with Gasteiger partial charge in [-0.3, -0.25) is 0 Å². The smallest absolute Gasteiger partial charge is 0.0991 e. The highest BCUT2D eigenvalue weighted by Crippen LogP contribution is 2.37. The van der Waals surface area contributed by atoms with Crippen molar-refractivity contribution in [2.45, 2.75) is 12.8 Å². The molecule has 4 nitrogen and oxygen atoms in total. The van der Waals surface area contributed by atoms with Gasteiger partial charge in [0, 0.05) is 16.7 Å². The Balaban J connectivity index is 1.21. The summed E-state index contributed by atoms with van der Waals surface area (Å²) < 4.78 is 0. The number of para-hydroxylation sites is 2. The Kier molecular flexibility index (Phi) is 7.70. The lowest BCUT2D eigenvalue weighted by molar-refractivity contribution is 1.04. The summed E-state index contributed by atoms with van der Waals surface area (Å²) in [6.07, 6.45) is 6.20. The van der Waals surface area contributed by atoms with Crippen molar-refractivity contribution in [3.05, 3.63) is 175 Å². The molecule has 0 radical (unpaired) electrons. The highest BCUT2D eigenvalue weighted by molar-refractivity contribution is 5.91. The van der Waals surface area contributed by atoms with Gasteiger partial charge in [-0.2, -0.15) is 5.26 Å². The van der Waals surface area contributed by atoms with Crippen LogP contribution in [0.5, 0.6) is 0 Å². The maximum Gasteiger partial charge on any atom is 0.0991 e. The van der Waals surface area contributed by atoms with Crippen molar-refractivity contribution in [1.29, 1.82) is 5.26 Å². The van der Waals surface area contributed by atoms with Gasteiger partial charge in [0.1, 0.15) is 0 Å². The molecule has 0 atom stereocenters. The van der Waals surface area contributed by atoms with E-state index in [2.05, 4.69) is 85.0 Å². The molecule has 0 N–H and O–H groups in total. The number of rotatable bonds is 6. The molecular weight excluding hydrogens is 585 g/mol. The first-order valence-corrected chi connectivity index (χ1v) is 16.1. The van der Waals surface area contributed by atoms with Crippen molar-refractivity contribution in [3.63, 3.8) is 0 Å². The van der Waals surface area contributed by atoms with Gasteiger partial charge in [0.2, 0.25) is 0 Å². The molecule has 0 bridgehead atoms. The summed E-state index contributed by atoms with van der Waals surface area (Å²) in [6.45, 7) is 0. The molecule has 0 saturated heterocycles. The van der Waals surface area contributed by atoms with Crippen LogP contribution in [0.25, 0.3) is 67.1 Å². The summed E-state index contributed by atoms with van der Waals surface area (Å²) in [4.78, 5) is 15.4. The Morgan fingerprint density at radius 2 is 1.06 bits per heavy atom. The quantitative estimate of drug-likeness (QED) is 0.187. The molecule has 5 aromatic carbocycles. The fourth-order valence-corrected chi connectivity index (χ4v) is 6.31. The minimum Gasteiger partial charge on any atom is -0.248 e. The summed E-state index contributed by atoms with van der Waals surface area (Å²) >= 11 is 0. The second kappa shape index (κ2) is 12.7. The molecule has 7 aromatic rings. The molecule has 8 rings (SSSR count). The number of fused-ring (bicyclic) bond motifs is 1. The van der Waals surface area contributed by atoms with Gasteiger partial charge in [-0.05, 0) is 83.2 Å². The molecule has 2 heterocycles. The molecule has 0 spiro atoms. The molecule has 1 aliphatic carbocycles. The SMILES string of the molecule is N#Cc1cccc(C2=CCCC(c3nc4ccccc4nc3-c3ccc(-c4cc(-c5ccccc5)nc(-c5ccccc5)c4)cc3)=C2)c1. The average molecular weight is 615 g/mol. The monoisotopic (exact) mass is 614 g/mol. The number of allylic oxidation sites excluding steroid dienone is 4. The van der Waals surface area contributed by atoms with Gasteiger partial charge in [0.25, 0.3) is 0 Å². The number of nitrogens with zero attached hydrogens (tertiary/aromatic N) is 4. The fourth-order valence-electron chi connectivity index (χ4n) is 6.31. The zero-order valence-corrected chi connectivity index (χ0v) is 26.2. The van der Waals surface area contributed by atoms with E-state index in [1.165, 1.54) is 0 Å². The third-order valence-corrected chi connectivity index (χ3v) is 8.76. The maximum absolute atomic E-state index is 9.47. The van der Waals surface area contributed by atoms with E-state index in [1.54, 1.807) is 0 Å². The lowest BCUT2D eigenvalue weighted by Crippen LogP contribution is -2.01. The molecule has 1 aliphatic rings. The fraction of sp³-hybridized carbons (Fsp3) is 0.0455. The first-order chi connectivity index (χ1) is 23.7. The first-order valence-electron chi connectivity index (χ1n) is 16.1. The molecule has 4 heteroatoms. The van der Waals surface area contributed by atoms with Crippen LogP contribution in [0.4, 0.5) is 0 Å². The van der Waals surface area contributed by atoms with E-state index < -0.39 is 0 Å². The normalized spacial score (nSPS) is 12.6. The molecule has 48 heavy (non-hydrogen) atoms. The zero-order valence-electron chi connectivity index (χ0n) is 26.2. The summed E-state index contributed by atoms with van der Waals surface area (Å²) in [5.41, 5.74) is 14.7. The van der Waals surface area contributed by atoms with Crippen LogP contribution in [0.2, 0.25) is 0 Å². The van der Waals surface area contributed by atoms with E-state index in [0.29, 0.717) is 5.56 Å². The van der Waals surface area contributed by atoms with Gasteiger partial charge in [-0.1, -0.05) is 115 Å². The molecule has 0 fully saturated rings. The van der Waals surface area contributed by atoms with Crippen LogP contribution >= 0.6 is 0 Å². The van der Waals surface area contributed by atoms with Crippen LogP contribution in [0.3, 0.4) is 0 Å². The van der Waals surface area contributed by atoms with Crippen LogP contribution in [0.1, 0.15) is 29.7 Å². The highest BCUT2D eigenvalue weighted by atomic mass is 14.8. The third kappa shape index (κ3) is 5.82. The Hall–Kier alpha value is -6.44. The zero-order chi connectivity index (χ0) is 32.3. The first kappa shape index (κ1) is 29.0. The maximum atomic E-state index is 9.47. The standard InChI is InChI=1S/C44H30N4/c45-29-30-11-9-16-35(25-30)36-17-10-18-37(26-36)44-43(47-39-19-7-8-20-40(39)48-44)34-23-21-31(22-24-34)38-27-41(32-12-3-1-4-13-32)46-42(28-38)33-14-5-2-6-15-33/h1-9,11-17,19-28H,10,18H2. The summed E-state index contributed by atoms with van der Waals surface area (Å²) in [6, 6.07) is 51.7. The second-order valence-corrected chi connectivity index (χ2v) is 11.9. The van der Waals surface area contributed by atoms with Gasteiger partial charge in [0.15, 0.2) is 0 Å². The van der Waals surface area contributed by atoms with Gasteiger partial charge in [0.05, 0.1) is 45.4 Å². The predicted molar refractivity (Wildman–Crippen MR) is 195 cm³/mol. The summed E-state index contributed by atoms with van der Waals surface area (Å²) in [7, 11) is 0. The topological polar surface area (TPSA) is 62.5 Å². The second-order valence-electron chi connectivity index (χ2n) is 11.9. The van der Waals surface area contributed by atoms with Crippen LogP contribution < -0.4 is 0 Å². The number of pyridine rings is 1. The molecular formula is C44H30N4. The molecule has 0 aliphatic heterocycles. The van der Waals surface area contributed by atoms with Gasteiger partial charge in [-0.15, -0.1) is 0 Å². The number of aromatic nitrogens is 3. The van der Waals surface area contributed by atoms with E-state index >= 15 is 0 Å². The van der Waals surface area contributed by atoms with E-state index in [0.717, 1.165) is 91.2 Å². The third-order valence-electron chi connectivity index (χ3n) is 8.76. The van der Waals surface area contributed by atoms with Crippen molar-refractivity contribution in [2.75, 3.05) is 0 Å². The minimum atomic E-state index is 0.654. The van der Waals surface area contributed by atoms with E-state index in [9.17, 15) is 5.26 Å². The number of hydrogen-bond donors (Lipinski definition) is 0. The molecule has 0 unspecified atom stereocenters. The van der Waals surface area contributed by atoms with Crippen molar-refractivity contribution in [1.82, 2.24) is 15.0 Å².